The zero-order valence-electron chi connectivity index (χ0n) is 14.4. The predicted octanol–water partition coefficient (Wildman–Crippen LogP) is 3.57. The number of ether oxygens (including phenoxy) is 1. The molecule has 1 aliphatic heterocycles. The minimum Gasteiger partial charge on any atom is -0.476 e. The molecular formula is C18H17N5O2S. The number of fused-ring (bicyclic) bond motifs is 1. The standard InChI is InChI=1S/C18H17N5O2S/c1-11(2)25-23-13-5-7-24-17-16(13)22-14(9-20-17)15-10-21-18(26-15)12-4-3-6-19-8-12/h3-4,6,8-11H,5,7H2,1-2H3/b23-13+. The summed E-state index contributed by atoms with van der Waals surface area (Å²) in [6, 6.07) is 3.87. The van der Waals surface area contributed by atoms with E-state index < -0.39 is 0 Å². The number of thiazole rings is 1. The number of oxime groups is 1. The molecule has 0 bridgehead atoms. The Morgan fingerprint density at radius 1 is 1.23 bits per heavy atom. The summed E-state index contributed by atoms with van der Waals surface area (Å²) in [6.45, 7) is 4.39. The Bertz CT molecular complexity index is 940. The molecule has 26 heavy (non-hydrogen) atoms. The molecule has 4 rings (SSSR count). The van der Waals surface area contributed by atoms with Crippen LogP contribution in [0.1, 0.15) is 26.0 Å². The van der Waals surface area contributed by atoms with E-state index in [1.807, 2.05) is 26.0 Å². The van der Waals surface area contributed by atoms with Crippen LogP contribution in [0.15, 0.2) is 42.1 Å². The molecule has 4 heterocycles. The molecule has 0 N–H and O–H groups in total. The first kappa shape index (κ1) is 16.6. The maximum atomic E-state index is 5.60. The molecule has 0 amide bonds. The van der Waals surface area contributed by atoms with Crippen molar-refractivity contribution in [3.8, 4) is 27.0 Å². The molecule has 3 aromatic heterocycles. The highest BCUT2D eigenvalue weighted by Gasteiger charge is 2.22. The van der Waals surface area contributed by atoms with Crippen molar-refractivity contribution in [3.05, 3.63) is 42.6 Å². The third kappa shape index (κ3) is 3.41. The van der Waals surface area contributed by atoms with Crippen molar-refractivity contribution in [2.24, 2.45) is 5.16 Å². The molecular weight excluding hydrogens is 350 g/mol. The van der Waals surface area contributed by atoms with Gasteiger partial charge in [-0.1, -0.05) is 5.16 Å². The van der Waals surface area contributed by atoms with Crippen LogP contribution in [0.4, 0.5) is 0 Å². The fraction of sp³-hybridized carbons (Fsp3) is 0.278. The molecule has 0 atom stereocenters. The maximum absolute atomic E-state index is 5.60. The zero-order valence-corrected chi connectivity index (χ0v) is 15.2. The van der Waals surface area contributed by atoms with Crippen molar-refractivity contribution in [2.75, 3.05) is 6.61 Å². The summed E-state index contributed by atoms with van der Waals surface area (Å²) in [5.74, 6) is 0.489. The van der Waals surface area contributed by atoms with Gasteiger partial charge in [0.15, 0.2) is 5.69 Å². The van der Waals surface area contributed by atoms with Crippen LogP contribution in [0.25, 0.3) is 21.1 Å². The number of nitrogens with zero attached hydrogens (tertiary/aromatic N) is 5. The van der Waals surface area contributed by atoms with E-state index in [4.69, 9.17) is 14.6 Å². The first-order chi connectivity index (χ1) is 12.7. The van der Waals surface area contributed by atoms with E-state index >= 15 is 0 Å². The normalized spacial score (nSPS) is 15.0. The van der Waals surface area contributed by atoms with E-state index in [-0.39, 0.29) is 6.10 Å². The molecule has 0 spiro atoms. The van der Waals surface area contributed by atoms with Crippen molar-refractivity contribution in [2.45, 2.75) is 26.4 Å². The highest BCUT2D eigenvalue weighted by atomic mass is 32.1. The van der Waals surface area contributed by atoms with Gasteiger partial charge >= 0.3 is 0 Å². The molecule has 0 fully saturated rings. The Morgan fingerprint density at radius 2 is 2.15 bits per heavy atom. The lowest BCUT2D eigenvalue weighted by Gasteiger charge is -2.17. The first-order valence-electron chi connectivity index (χ1n) is 8.30. The molecule has 0 saturated heterocycles. The average Bonchev–Trinajstić information content (AvgIpc) is 3.17. The Labute approximate surface area is 154 Å². The van der Waals surface area contributed by atoms with Crippen LogP contribution in [0.5, 0.6) is 5.88 Å². The van der Waals surface area contributed by atoms with Crippen molar-refractivity contribution >= 4 is 17.0 Å². The van der Waals surface area contributed by atoms with Gasteiger partial charge in [-0.3, -0.25) is 4.98 Å². The van der Waals surface area contributed by atoms with Gasteiger partial charge in [-0.2, -0.15) is 0 Å². The van der Waals surface area contributed by atoms with Crippen LogP contribution in [0.3, 0.4) is 0 Å². The number of hydrogen-bond donors (Lipinski definition) is 0. The quantitative estimate of drug-likeness (QED) is 0.656. The second-order valence-electron chi connectivity index (χ2n) is 5.97. The third-order valence-corrected chi connectivity index (χ3v) is 4.70. The summed E-state index contributed by atoms with van der Waals surface area (Å²) < 4.78 is 5.60. The van der Waals surface area contributed by atoms with Crippen molar-refractivity contribution < 1.29 is 9.57 Å². The van der Waals surface area contributed by atoms with E-state index in [1.165, 1.54) is 0 Å². The first-order valence-corrected chi connectivity index (χ1v) is 9.12. The van der Waals surface area contributed by atoms with Gasteiger partial charge in [-0.25, -0.2) is 15.0 Å². The predicted molar refractivity (Wildman–Crippen MR) is 99.2 cm³/mol. The molecule has 7 nitrogen and oxygen atoms in total. The lowest BCUT2D eigenvalue weighted by atomic mass is 10.1. The fourth-order valence-electron chi connectivity index (χ4n) is 2.43. The minimum atomic E-state index is 0.00785. The number of pyridine rings is 1. The van der Waals surface area contributed by atoms with Crippen LogP contribution in [-0.4, -0.2) is 38.4 Å². The Kier molecular flexibility index (Phi) is 4.57. The van der Waals surface area contributed by atoms with Gasteiger partial charge in [-0.05, 0) is 26.0 Å². The molecule has 0 saturated carbocycles. The number of rotatable bonds is 4. The topological polar surface area (TPSA) is 82.4 Å². The minimum absolute atomic E-state index is 0.00785. The lowest BCUT2D eigenvalue weighted by molar-refractivity contribution is 0.0848. The third-order valence-electron chi connectivity index (χ3n) is 3.63. The SMILES string of the molecule is CC(C)O/N=C1\CCOc2ncc(-c3cnc(-c4cccnc4)s3)nc21. The van der Waals surface area contributed by atoms with E-state index in [0.29, 0.717) is 24.6 Å². The van der Waals surface area contributed by atoms with Crippen LogP contribution in [-0.2, 0) is 4.84 Å². The highest BCUT2D eigenvalue weighted by Crippen LogP contribution is 2.32. The van der Waals surface area contributed by atoms with E-state index in [9.17, 15) is 0 Å². The van der Waals surface area contributed by atoms with Gasteiger partial charge in [0, 0.05) is 30.6 Å². The molecule has 0 aromatic carbocycles. The van der Waals surface area contributed by atoms with Crippen LogP contribution in [0.2, 0.25) is 0 Å². The fourth-order valence-corrected chi connectivity index (χ4v) is 3.29. The molecule has 1 aliphatic rings. The highest BCUT2D eigenvalue weighted by molar-refractivity contribution is 7.18. The van der Waals surface area contributed by atoms with Gasteiger partial charge in [0.05, 0.1) is 17.7 Å². The molecule has 132 valence electrons. The van der Waals surface area contributed by atoms with E-state index in [2.05, 4.69) is 20.1 Å². The molecule has 3 aromatic rings. The van der Waals surface area contributed by atoms with Gasteiger partial charge in [0.1, 0.15) is 22.5 Å². The molecule has 0 radical (unpaired) electrons. The van der Waals surface area contributed by atoms with Crippen LogP contribution in [0, 0.1) is 0 Å². The summed E-state index contributed by atoms with van der Waals surface area (Å²) in [4.78, 5) is 24.0. The summed E-state index contributed by atoms with van der Waals surface area (Å²) in [6.07, 6.45) is 7.69. The second kappa shape index (κ2) is 7.17. The molecule has 0 unspecified atom stereocenters. The average molecular weight is 367 g/mol. The Morgan fingerprint density at radius 3 is 2.96 bits per heavy atom. The maximum Gasteiger partial charge on any atom is 0.242 e. The summed E-state index contributed by atoms with van der Waals surface area (Å²) in [7, 11) is 0. The molecule has 8 heteroatoms. The number of hydrogen-bond acceptors (Lipinski definition) is 8. The van der Waals surface area contributed by atoms with Gasteiger partial charge in [0.2, 0.25) is 5.88 Å². The summed E-state index contributed by atoms with van der Waals surface area (Å²) in [5, 5.41) is 5.12. The van der Waals surface area contributed by atoms with Gasteiger partial charge in [0.25, 0.3) is 0 Å². The summed E-state index contributed by atoms with van der Waals surface area (Å²) >= 11 is 1.54. The number of aromatic nitrogens is 4. The smallest absolute Gasteiger partial charge is 0.242 e. The Balaban J connectivity index is 1.68. The van der Waals surface area contributed by atoms with Gasteiger partial charge < -0.3 is 9.57 Å². The van der Waals surface area contributed by atoms with E-state index in [0.717, 1.165) is 26.9 Å². The van der Waals surface area contributed by atoms with Crippen LogP contribution >= 0.6 is 11.3 Å². The van der Waals surface area contributed by atoms with Crippen molar-refractivity contribution in [3.63, 3.8) is 0 Å². The van der Waals surface area contributed by atoms with Gasteiger partial charge in [-0.15, -0.1) is 11.3 Å². The zero-order chi connectivity index (χ0) is 17.9. The van der Waals surface area contributed by atoms with E-state index in [1.54, 1.807) is 36.1 Å². The summed E-state index contributed by atoms with van der Waals surface area (Å²) in [5.41, 5.74) is 3.10. The van der Waals surface area contributed by atoms with Crippen LogP contribution < -0.4 is 4.74 Å². The van der Waals surface area contributed by atoms with Crippen molar-refractivity contribution in [1.82, 2.24) is 19.9 Å². The second-order valence-corrected chi connectivity index (χ2v) is 7.00. The van der Waals surface area contributed by atoms with Crippen molar-refractivity contribution in [1.29, 1.82) is 0 Å². The Hall–Kier alpha value is -2.87. The largest absolute Gasteiger partial charge is 0.476 e. The molecule has 0 aliphatic carbocycles. The lowest BCUT2D eigenvalue weighted by Crippen LogP contribution is -2.20. The monoisotopic (exact) mass is 367 g/mol.